The number of carbonyl (C=O) groups excluding carboxylic acids is 1. The van der Waals surface area contributed by atoms with Gasteiger partial charge in [0.15, 0.2) is 0 Å². The molecule has 0 atom stereocenters. The molecule has 0 fully saturated rings. The van der Waals surface area contributed by atoms with E-state index in [4.69, 9.17) is 9.47 Å². The minimum Gasteiger partial charge on any atom is -0.497 e. The number of anilines is 1. The largest absolute Gasteiger partial charge is 0.497 e. The van der Waals surface area contributed by atoms with Crippen molar-refractivity contribution in [1.82, 2.24) is 0 Å². The zero-order valence-electron chi connectivity index (χ0n) is 13.5. The van der Waals surface area contributed by atoms with Crippen LogP contribution >= 0.6 is 11.3 Å². The van der Waals surface area contributed by atoms with Crippen LogP contribution in [-0.4, -0.2) is 13.0 Å². The van der Waals surface area contributed by atoms with Gasteiger partial charge < -0.3 is 14.8 Å². The molecule has 0 bridgehead atoms. The van der Waals surface area contributed by atoms with Crippen LogP contribution in [0.25, 0.3) is 0 Å². The summed E-state index contributed by atoms with van der Waals surface area (Å²) in [6.07, 6.45) is 0. The van der Waals surface area contributed by atoms with E-state index in [-0.39, 0.29) is 11.7 Å². The average Bonchev–Trinajstić information content (AvgIpc) is 3.10. The molecule has 0 aliphatic rings. The minimum atomic E-state index is -0.306. The van der Waals surface area contributed by atoms with Crippen LogP contribution < -0.4 is 14.8 Å². The molecule has 1 amide bonds. The maximum atomic E-state index is 12.9. The quantitative estimate of drug-likeness (QED) is 0.694. The second kappa shape index (κ2) is 7.81. The number of ether oxygens (including phenoxy) is 2. The van der Waals surface area contributed by atoms with E-state index in [1.165, 1.54) is 23.5 Å². The minimum absolute atomic E-state index is 0.189. The summed E-state index contributed by atoms with van der Waals surface area (Å²) in [5.74, 6) is 0.762. The standard InChI is InChI=1S/C19H16FNO3S/c1-23-17-4-2-3-15(10-17)21-19(22)18-9-13(12-25-18)11-24-16-7-5-14(20)6-8-16/h2-10,12H,11H2,1H3,(H,21,22). The van der Waals surface area contributed by atoms with Crippen molar-refractivity contribution in [3.63, 3.8) is 0 Å². The smallest absolute Gasteiger partial charge is 0.265 e. The van der Waals surface area contributed by atoms with E-state index in [2.05, 4.69) is 5.32 Å². The summed E-state index contributed by atoms with van der Waals surface area (Å²) in [6, 6.07) is 14.8. The number of rotatable bonds is 6. The number of methoxy groups -OCH3 is 1. The average molecular weight is 357 g/mol. The molecule has 0 aliphatic heterocycles. The van der Waals surface area contributed by atoms with Gasteiger partial charge in [-0.2, -0.15) is 0 Å². The highest BCUT2D eigenvalue weighted by Gasteiger charge is 2.10. The normalized spacial score (nSPS) is 10.3. The topological polar surface area (TPSA) is 47.6 Å². The molecule has 3 aromatic rings. The van der Waals surface area contributed by atoms with Gasteiger partial charge in [0.2, 0.25) is 0 Å². The number of amides is 1. The van der Waals surface area contributed by atoms with E-state index < -0.39 is 0 Å². The van der Waals surface area contributed by atoms with Crippen molar-refractivity contribution in [2.75, 3.05) is 12.4 Å². The van der Waals surface area contributed by atoms with Crippen molar-refractivity contribution >= 4 is 22.9 Å². The van der Waals surface area contributed by atoms with E-state index in [0.717, 1.165) is 5.56 Å². The molecule has 2 aromatic carbocycles. The molecule has 0 unspecified atom stereocenters. The van der Waals surface area contributed by atoms with Crippen LogP contribution in [0.1, 0.15) is 15.2 Å². The van der Waals surface area contributed by atoms with E-state index in [1.54, 1.807) is 37.4 Å². The molecule has 0 radical (unpaired) electrons. The van der Waals surface area contributed by atoms with Crippen molar-refractivity contribution in [3.05, 3.63) is 76.2 Å². The first-order chi connectivity index (χ1) is 12.1. The highest BCUT2D eigenvalue weighted by molar-refractivity contribution is 7.12. The van der Waals surface area contributed by atoms with Crippen LogP contribution in [0, 0.1) is 5.82 Å². The second-order valence-electron chi connectivity index (χ2n) is 5.25. The number of hydrogen-bond acceptors (Lipinski definition) is 4. The molecule has 1 N–H and O–H groups in total. The highest BCUT2D eigenvalue weighted by atomic mass is 32.1. The fourth-order valence-corrected chi connectivity index (χ4v) is 2.95. The van der Waals surface area contributed by atoms with Crippen LogP contribution in [0.4, 0.5) is 10.1 Å². The van der Waals surface area contributed by atoms with Crippen molar-refractivity contribution in [2.24, 2.45) is 0 Å². The molecule has 1 aromatic heterocycles. The Kier molecular flexibility index (Phi) is 5.30. The molecule has 0 saturated carbocycles. The van der Waals surface area contributed by atoms with Gasteiger partial charge in [-0.3, -0.25) is 4.79 Å². The number of thiophene rings is 1. The summed E-state index contributed by atoms with van der Waals surface area (Å²) in [6.45, 7) is 0.314. The summed E-state index contributed by atoms with van der Waals surface area (Å²) < 4.78 is 23.6. The van der Waals surface area contributed by atoms with Crippen molar-refractivity contribution < 1.29 is 18.7 Å². The Labute approximate surface area is 148 Å². The first kappa shape index (κ1) is 17.0. The van der Waals surface area contributed by atoms with Crippen LogP contribution in [-0.2, 0) is 6.61 Å². The van der Waals surface area contributed by atoms with E-state index in [9.17, 15) is 9.18 Å². The summed E-state index contributed by atoms with van der Waals surface area (Å²) >= 11 is 1.34. The van der Waals surface area contributed by atoms with Crippen molar-refractivity contribution in [1.29, 1.82) is 0 Å². The van der Waals surface area contributed by atoms with E-state index in [1.807, 2.05) is 17.5 Å². The Hall–Kier alpha value is -2.86. The van der Waals surface area contributed by atoms with Gasteiger partial charge >= 0.3 is 0 Å². The Morgan fingerprint density at radius 2 is 1.92 bits per heavy atom. The van der Waals surface area contributed by atoms with Gasteiger partial charge in [-0.25, -0.2) is 4.39 Å². The SMILES string of the molecule is COc1cccc(NC(=O)c2cc(COc3ccc(F)cc3)cs2)c1. The molecular weight excluding hydrogens is 341 g/mol. The maximum Gasteiger partial charge on any atom is 0.265 e. The Bertz CT molecular complexity index is 861. The molecule has 0 aliphatic carbocycles. The van der Waals surface area contributed by atoms with Gasteiger partial charge in [-0.1, -0.05) is 6.07 Å². The van der Waals surface area contributed by atoms with Gasteiger partial charge in [0.05, 0.1) is 12.0 Å². The van der Waals surface area contributed by atoms with Crippen molar-refractivity contribution in [2.45, 2.75) is 6.61 Å². The summed E-state index contributed by atoms with van der Waals surface area (Å²) in [7, 11) is 1.58. The zero-order chi connectivity index (χ0) is 17.6. The van der Waals surface area contributed by atoms with Crippen LogP contribution in [0.15, 0.2) is 60.0 Å². The number of carbonyl (C=O) groups is 1. The molecule has 128 valence electrons. The van der Waals surface area contributed by atoms with Crippen LogP contribution in [0.5, 0.6) is 11.5 Å². The monoisotopic (exact) mass is 357 g/mol. The lowest BCUT2D eigenvalue weighted by molar-refractivity contribution is 0.103. The Morgan fingerprint density at radius 3 is 2.68 bits per heavy atom. The van der Waals surface area contributed by atoms with Gasteiger partial charge in [-0.05, 0) is 47.8 Å². The van der Waals surface area contributed by atoms with Gasteiger partial charge in [-0.15, -0.1) is 11.3 Å². The molecule has 0 saturated heterocycles. The third kappa shape index (κ3) is 4.58. The van der Waals surface area contributed by atoms with Gasteiger partial charge in [0.1, 0.15) is 23.9 Å². The number of hydrogen-bond donors (Lipinski definition) is 1. The third-order valence-electron chi connectivity index (χ3n) is 3.42. The lowest BCUT2D eigenvalue weighted by Gasteiger charge is -2.06. The van der Waals surface area contributed by atoms with Crippen LogP contribution in [0.3, 0.4) is 0 Å². The molecule has 4 nitrogen and oxygen atoms in total. The number of nitrogens with one attached hydrogen (secondary N) is 1. The fraction of sp³-hybridized carbons (Fsp3) is 0.105. The first-order valence-corrected chi connectivity index (χ1v) is 8.43. The molecule has 1 heterocycles. The molecular formula is C19H16FNO3S. The Balaban J connectivity index is 1.60. The van der Waals surface area contributed by atoms with E-state index >= 15 is 0 Å². The van der Waals surface area contributed by atoms with Crippen molar-refractivity contribution in [3.8, 4) is 11.5 Å². The Morgan fingerprint density at radius 1 is 1.12 bits per heavy atom. The fourth-order valence-electron chi connectivity index (χ4n) is 2.16. The van der Waals surface area contributed by atoms with Gasteiger partial charge in [0.25, 0.3) is 5.91 Å². The van der Waals surface area contributed by atoms with Gasteiger partial charge in [0, 0.05) is 17.3 Å². The first-order valence-electron chi connectivity index (χ1n) is 7.55. The molecule has 25 heavy (non-hydrogen) atoms. The van der Waals surface area contributed by atoms with Crippen LogP contribution in [0.2, 0.25) is 0 Å². The van der Waals surface area contributed by atoms with E-state index in [0.29, 0.717) is 28.7 Å². The molecule has 6 heteroatoms. The summed E-state index contributed by atoms with van der Waals surface area (Å²) in [5, 5.41) is 4.70. The lowest BCUT2D eigenvalue weighted by atomic mass is 10.2. The predicted molar refractivity (Wildman–Crippen MR) is 96.0 cm³/mol. The number of halogens is 1. The maximum absolute atomic E-state index is 12.9. The lowest BCUT2D eigenvalue weighted by Crippen LogP contribution is -2.10. The molecule has 3 rings (SSSR count). The molecule has 0 spiro atoms. The zero-order valence-corrected chi connectivity index (χ0v) is 14.3. The second-order valence-corrected chi connectivity index (χ2v) is 6.16. The highest BCUT2D eigenvalue weighted by Crippen LogP contribution is 2.21. The predicted octanol–water partition coefficient (Wildman–Crippen LogP) is 4.73. The third-order valence-corrected chi connectivity index (χ3v) is 4.40. The summed E-state index contributed by atoms with van der Waals surface area (Å²) in [4.78, 5) is 12.9. The number of benzene rings is 2. The summed E-state index contributed by atoms with van der Waals surface area (Å²) in [5.41, 5.74) is 1.55.